The first-order valence-corrected chi connectivity index (χ1v) is 10.4. The summed E-state index contributed by atoms with van der Waals surface area (Å²) in [5.74, 6) is 0.268. The van der Waals surface area contributed by atoms with Crippen molar-refractivity contribution in [2.24, 2.45) is 0 Å². The molecule has 0 atom stereocenters. The summed E-state index contributed by atoms with van der Waals surface area (Å²) >= 11 is 0. The van der Waals surface area contributed by atoms with Gasteiger partial charge in [-0.05, 0) is 60.9 Å². The van der Waals surface area contributed by atoms with Gasteiger partial charge >= 0.3 is 0 Å². The number of rotatable bonds is 3. The standard InChI is InChI=1S/C25H18FN7/c1-13-7-15(9-16(26)8-13)18-11-28-12-21-22(18)31-25(30-21)24-23-20(32-33-24)4-3-19(29-23)17-10-27-6-5-14(17)2/h3-12H,1-2H3,(H,30,31)(H,32,33). The quantitative estimate of drug-likeness (QED) is 0.389. The lowest BCUT2D eigenvalue weighted by atomic mass is 10.0. The highest BCUT2D eigenvalue weighted by molar-refractivity contribution is 5.95. The zero-order chi connectivity index (χ0) is 22.5. The molecule has 0 spiro atoms. The van der Waals surface area contributed by atoms with Crippen LogP contribution in [0.4, 0.5) is 4.39 Å². The van der Waals surface area contributed by atoms with Gasteiger partial charge in [-0.25, -0.2) is 14.4 Å². The second-order valence-corrected chi connectivity index (χ2v) is 8.04. The fraction of sp³-hybridized carbons (Fsp3) is 0.0800. The van der Waals surface area contributed by atoms with Crippen molar-refractivity contribution in [3.8, 4) is 33.9 Å². The van der Waals surface area contributed by atoms with Gasteiger partial charge in [-0.2, -0.15) is 5.10 Å². The van der Waals surface area contributed by atoms with E-state index in [1.54, 1.807) is 18.6 Å². The number of H-pyrrole nitrogens is 2. The average molecular weight is 435 g/mol. The van der Waals surface area contributed by atoms with E-state index in [0.717, 1.165) is 44.5 Å². The van der Waals surface area contributed by atoms with E-state index in [-0.39, 0.29) is 5.82 Å². The number of aromatic amines is 2. The van der Waals surface area contributed by atoms with Crippen LogP contribution in [-0.4, -0.2) is 35.1 Å². The Kier molecular flexibility index (Phi) is 4.26. The topological polar surface area (TPSA) is 96.0 Å². The van der Waals surface area contributed by atoms with Gasteiger partial charge in [0.1, 0.15) is 11.3 Å². The average Bonchev–Trinajstić information content (AvgIpc) is 3.42. The van der Waals surface area contributed by atoms with Crippen molar-refractivity contribution in [2.75, 3.05) is 0 Å². The summed E-state index contributed by atoms with van der Waals surface area (Å²) in [6.07, 6.45) is 6.98. The first-order valence-electron chi connectivity index (χ1n) is 10.4. The minimum absolute atomic E-state index is 0.293. The molecule has 5 heterocycles. The molecule has 0 bridgehead atoms. The molecule has 0 fully saturated rings. The molecular formula is C25H18FN7. The van der Waals surface area contributed by atoms with Gasteiger partial charge in [-0.15, -0.1) is 0 Å². The molecule has 0 saturated heterocycles. The Morgan fingerprint density at radius 3 is 2.55 bits per heavy atom. The zero-order valence-corrected chi connectivity index (χ0v) is 17.9. The van der Waals surface area contributed by atoms with E-state index in [0.29, 0.717) is 22.6 Å². The Labute approximate surface area is 187 Å². The molecule has 0 radical (unpaired) electrons. The predicted molar refractivity (Wildman–Crippen MR) is 125 cm³/mol. The minimum Gasteiger partial charge on any atom is -0.335 e. The van der Waals surface area contributed by atoms with Crippen LogP contribution in [0.3, 0.4) is 0 Å². The van der Waals surface area contributed by atoms with E-state index in [2.05, 4.69) is 25.1 Å². The molecule has 0 saturated carbocycles. The van der Waals surface area contributed by atoms with E-state index in [1.807, 2.05) is 44.3 Å². The van der Waals surface area contributed by atoms with Crippen LogP contribution < -0.4 is 0 Å². The van der Waals surface area contributed by atoms with E-state index >= 15 is 0 Å². The largest absolute Gasteiger partial charge is 0.335 e. The van der Waals surface area contributed by atoms with Gasteiger partial charge in [-0.3, -0.25) is 15.1 Å². The second kappa shape index (κ2) is 7.30. The van der Waals surface area contributed by atoms with Gasteiger partial charge < -0.3 is 4.98 Å². The Morgan fingerprint density at radius 1 is 0.818 bits per heavy atom. The van der Waals surface area contributed by atoms with Crippen molar-refractivity contribution >= 4 is 22.1 Å². The first kappa shape index (κ1) is 19.2. The molecule has 160 valence electrons. The number of halogens is 1. The number of pyridine rings is 3. The molecular weight excluding hydrogens is 417 g/mol. The Morgan fingerprint density at radius 2 is 1.70 bits per heavy atom. The summed E-state index contributed by atoms with van der Waals surface area (Å²) < 4.78 is 14.0. The number of nitrogens with one attached hydrogen (secondary N) is 2. The fourth-order valence-corrected chi connectivity index (χ4v) is 4.09. The minimum atomic E-state index is -0.293. The maximum atomic E-state index is 14.0. The lowest BCUT2D eigenvalue weighted by molar-refractivity contribution is 0.627. The van der Waals surface area contributed by atoms with Crippen LogP contribution in [0.5, 0.6) is 0 Å². The highest BCUT2D eigenvalue weighted by Crippen LogP contribution is 2.32. The fourth-order valence-electron chi connectivity index (χ4n) is 4.09. The zero-order valence-electron chi connectivity index (χ0n) is 17.9. The Hall–Kier alpha value is -4.46. The summed E-state index contributed by atoms with van der Waals surface area (Å²) in [7, 11) is 0. The highest BCUT2D eigenvalue weighted by atomic mass is 19.1. The van der Waals surface area contributed by atoms with Crippen molar-refractivity contribution < 1.29 is 4.39 Å². The number of benzene rings is 1. The highest BCUT2D eigenvalue weighted by Gasteiger charge is 2.17. The molecule has 33 heavy (non-hydrogen) atoms. The van der Waals surface area contributed by atoms with E-state index in [9.17, 15) is 4.39 Å². The van der Waals surface area contributed by atoms with Crippen molar-refractivity contribution in [3.63, 3.8) is 0 Å². The van der Waals surface area contributed by atoms with Gasteiger partial charge in [0, 0.05) is 29.7 Å². The Bertz CT molecular complexity index is 1640. The van der Waals surface area contributed by atoms with E-state index in [4.69, 9.17) is 9.97 Å². The van der Waals surface area contributed by atoms with E-state index < -0.39 is 0 Å². The van der Waals surface area contributed by atoms with Crippen LogP contribution >= 0.6 is 0 Å². The number of imidazole rings is 1. The maximum absolute atomic E-state index is 14.0. The number of nitrogens with zero attached hydrogens (tertiary/aromatic N) is 5. The number of aromatic nitrogens is 7. The third-order valence-corrected chi connectivity index (χ3v) is 5.69. The summed E-state index contributed by atoms with van der Waals surface area (Å²) in [4.78, 5) is 21.5. The molecule has 6 rings (SSSR count). The van der Waals surface area contributed by atoms with Gasteiger partial charge in [0.05, 0.1) is 28.4 Å². The van der Waals surface area contributed by atoms with Crippen LogP contribution in [0.1, 0.15) is 11.1 Å². The summed E-state index contributed by atoms with van der Waals surface area (Å²) in [6, 6.07) is 10.8. The number of hydrogen-bond donors (Lipinski definition) is 2. The van der Waals surface area contributed by atoms with Crippen molar-refractivity contribution in [3.05, 3.63) is 78.1 Å². The summed E-state index contributed by atoms with van der Waals surface area (Å²) in [5.41, 5.74) is 8.70. The van der Waals surface area contributed by atoms with E-state index in [1.165, 1.54) is 12.1 Å². The second-order valence-electron chi connectivity index (χ2n) is 8.04. The molecule has 6 aromatic rings. The first-order chi connectivity index (χ1) is 16.1. The summed E-state index contributed by atoms with van der Waals surface area (Å²) in [6.45, 7) is 3.89. The van der Waals surface area contributed by atoms with Crippen LogP contribution in [0.2, 0.25) is 0 Å². The SMILES string of the molecule is Cc1cc(F)cc(-c2cncc3[nH]c(-c4n[nH]c5ccc(-c6cnccc6C)nc45)nc23)c1. The molecule has 0 amide bonds. The number of hydrogen-bond acceptors (Lipinski definition) is 5. The molecule has 8 heteroatoms. The van der Waals surface area contributed by atoms with Crippen molar-refractivity contribution in [2.45, 2.75) is 13.8 Å². The monoisotopic (exact) mass is 435 g/mol. The van der Waals surface area contributed by atoms with Crippen LogP contribution in [-0.2, 0) is 0 Å². The lowest BCUT2D eigenvalue weighted by Gasteiger charge is -2.04. The number of fused-ring (bicyclic) bond motifs is 2. The molecule has 0 aliphatic heterocycles. The van der Waals surface area contributed by atoms with Crippen LogP contribution in [0.15, 0.2) is 61.2 Å². The molecule has 0 unspecified atom stereocenters. The molecule has 7 nitrogen and oxygen atoms in total. The van der Waals surface area contributed by atoms with Crippen LogP contribution in [0.25, 0.3) is 56.0 Å². The molecule has 0 aliphatic carbocycles. The molecule has 2 N–H and O–H groups in total. The maximum Gasteiger partial charge on any atom is 0.161 e. The van der Waals surface area contributed by atoms with Crippen molar-refractivity contribution in [1.29, 1.82) is 0 Å². The van der Waals surface area contributed by atoms with Crippen LogP contribution in [0, 0.1) is 19.7 Å². The number of aryl methyl sites for hydroxylation is 2. The van der Waals surface area contributed by atoms with Gasteiger partial charge in [-0.1, -0.05) is 6.07 Å². The third kappa shape index (κ3) is 3.23. The lowest BCUT2D eigenvalue weighted by Crippen LogP contribution is -1.90. The third-order valence-electron chi connectivity index (χ3n) is 5.69. The molecule has 5 aromatic heterocycles. The van der Waals surface area contributed by atoms with Gasteiger partial charge in [0.25, 0.3) is 0 Å². The predicted octanol–water partition coefficient (Wildman–Crippen LogP) is 5.38. The molecule has 1 aromatic carbocycles. The normalized spacial score (nSPS) is 11.5. The smallest absolute Gasteiger partial charge is 0.161 e. The summed E-state index contributed by atoms with van der Waals surface area (Å²) in [5, 5.41) is 7.50. The van der Waals surface area contributed by atoms with Gasteiger partial charge in [0.15, 0.2) is 11.5 Å². The van der Waals surface area contributed by atoms with Crippen molar-refractivity contribution in [1.82, 2.24) is 35.1 Å². The van der Waals surface area contributed by atoms with Gasteiger partial charge in [0.2, 0.25) is 0 Å². The Balaban J connectivity index is 1.52. The molecule has 0 aliphatic rings.